The monoisotopic (exact) mass is 303 g/mol. The average Bonchev–Trinajstić information content (AvgIpc) is 2.50. The van der Waals surface area contributed by atoms with Crippen molar-refractivity contribution in [1.29, 1.82) is 0 Å². The van der Waals surface area contributed by atoms with Gasteiger partial charge in [0.25, 0.3) is 0 Å². The number of hydrogen-bond donors (Lipinski definition) is 1. The van der Waals surface area contributed by atoms with Crippen molar-refractivity contribution >= 4 is 11.6 Å². The van der Waals surface area contributed by atoms with Gasteiger partial charge in [-0.3, -0.25) is 4.79 Å². The number of hydrogen-bond acceptors (Lipinski definition) is 3. The molecule has 2 rings (SSSR count). The Labute approximate surface area is 128 Å². The summed E-state index contributed by atoms with van der Waals surface area (Å²) in [5, 5.41) is 2.56. The normalized spacial score (nSPS) is 10.2. The van der Waals surface area contributed by atoms with Gasteiger partial charge in [-0.2, -0.15) is 0 Å². The topological polar surface area (TPSA) is 47.6 Å². The Morgan fingerprint density at radius 3 is 2.55 bits per heavy atom. The Morgan fingerprint density at radius 2 is 1.91 bits per heavy atom. The van der Waals surface area contributed by atoms with E-state index in [1.54, 1.807) is 44.4 Å². The largest absolute Gasteiger partial charge is 0.497 e. The van der Waals surface area contributed by atoms with Gasteiger partial charge in [-0.1, -0.05) is 6.07 Å². The molecule has 0 heterocycles. The lowest BCUT2D eigenvalue weighted by Gasteiger charge is -2.11. The third-order valence-corrected chi connectivity index (χ3v) is 3.24. The molecule has 0 unspecified atom stereocenters. The van der Waals surface area contributed by atoms with Crippen LogP contribution in [0.15, 0.2) is 36.4 Å². The van der Waals surface area contributed by atoms with Crippen LogP contribution in [-0.2, 0) is 11.2 Å². The maximum absolute atomic E-state index is 13.8. The summed E-state index contributed by atoms with van der Waals surface area (Å²) in [4.78, 5) is 12.1. The van der Waals surface area contributed by atoms with Gasteiger partial charge in [-0.15, -0.1) is 0 Å². The Morgan fingerprint density at radius 1 is 1.14 bits per heavy atom. The highest BCUT2D eigenvalue weighted by Crippen LogP contribution is 2.25. The number of halogens is 1. The van der Waals surface area contributed by atoms with E-state index in [1.807, 2.05) is 0 Å². The molecule has 0 fully saturated rings. The van der Waals surface area contributed by atoms with E-state index in [0.29, 0.717) is 17.1 Å². The molecule has 0 bridgehead atoms. The second-order valence-electron chi connectivity index (χ2n) is 4.89. The SMILES string of the molecule is COc1ccc(OC)c(CC(=O)Nc2ccc(C)cc2F)c1. The van der Waals surface area contributed by atoms with E-state index in [2.05, 4.69) is 5.32 Å². The van der Waals surface area contributed by atoms with Gasteiger partial charge < -0.3 is 14.8 Å². The molecule has 0 aliphatic rings. The van der Waals surface area contributed by atoms with E-state index >= 15 is 0 Å². The highest BCUT2D eigenvalue weighted by atomic mass is 19.1. The number of aryl methyl sites for hydroxylation is 1. The molecule has 0 spiro atoms. The molecule has 22 heavy (non-hydrogen) atoms. The molecule has 2 aromatic rings. The second kappa shape index (κ2) is 6.93. The molecule has 0 saturated heterocycles. The van der Waals surface area contributed by atoms with Crippen LogP contribution in [0.5, 0.6) is 11.5 Å². The molecule has 0 saturated carbocycles. The molecule has 0 aromatic heterocycles. The third-order valence-electron chi connectivity index (χ3n) is 3.24. The lowest BCUT2D eigenvalue weighted by Crippen LogP contribution is -2.16. The van der Waals surface area contributed by atoms with Crippen LogP contribution in [-0.4, -0.2) is 20.1 Å². The number of amides is 1. The summed E-state index contributed by atoms with van der Waals surface area (Å²) in [6, 6.07) is 9.87. The van der Waals surface area contributed by atoms with Gasteiger partial charge in [0.1, 0.15) is 17.3 Å². The summed E-state index contributed by atoms with van der Waals surface area (Å²) >= 11 is 0. The lowest BCUT2D eigenvalue weighted by atomic mass is 10.1. The molecule has 1 amide bonds. The molecular formula is C17H18FNO3. The molecule has 0 radical (unpaired) electrons. The smallest absolute Gasteiger partial charge is 0.229 e. The Bertz CT molecular complexity index is 686. The van der Waals surface area contributed by atoms with Crippen molar-refractivity contribution in [2.75, 3.05) is 19.5 Å². The summed E-state index contributed by atoms with van der Waals surface area (Å²) in [5.74, 6) is 0.436. The van der Waals surface area contributed by atoms with E-state index in [-0.39, 0.29) is 18.0 Å². The van der Waals surface area contributed by atoms with Gasteiger partial charge in [0, 0.05) is 5.56 Å². The quantitative estimate of drug-likeness (QED) is 0.921. The number of anilines is 1. The molecule has 0 atom stereocenters. The minimum atomic E-state index is -0.453. The zero-order valence-corrected chi connectivity index (χ0v) is 12.8. The van der Waals surface area contributed by atoms with Crippen LogP contribution in [0.2, 0.25) is 0 Å². The Hall–Kier alpha value is -2.56. The van der Waals surface area contributed by atoms with Crippen molar-refractivity contribution in [3.8, 4) is 11.5 Å². The highest BCUT2D eigenvalue weighted by molar-refractivity contribution is 5.92. The fourth-order valence-corrected chi connectivity index (χ4v) is 2.11. The van der Waals surface area contributed by atoms with Crippen LogP contribution < -0.4 is 14.8 Å². The Balaban J connectivity index is 2.14. The maximum Gasteiger partial charge on any atom is 0.229 e. The van der Waals surface area contributed by atoms with Crippen molar-refractivity contribution in [3.63, 3.8) is 0 Å². The summed E-state index contributed by atoms with van der Waals surface area (Å²) in [6.45, 7) is 1.79. The minimum absolute atomic E-state index is 0.0632. The van der Waals surface area contributed by atoms with Crippen molar-refractivity contribution in [2.24, 2.45) is 0 Å². The van der Waals surface area contributed by atoms with Crippen LogP contribution in [0.25, 0.3) is 0 Å². The third kappa shape index (κ3) is 3.75. The maximum atomic E-state index is 13.8. The molecular weight excluding hydrogens is 285 g/mol. The van der Waals surface area contributed by atoms with Gasteiger partial charge >= 0.3 is 0 Å². The summed E-state index contributed by atoms with van der Waals surface area (Å²) < 4.78 is 24.1. The van der Waals surface area contributed by atoms with Gasteiger partial charge in [-0.05, 0) is 42.8 Å². The fourth-order valence-electron chi connectivity index (χ4n) is 2.11. The van der Waals surface area contributed by atoms with Crippen LogP contribution >= 0.6 is 0 Å². The first-order chi connectivity index (χ1) is 10.5. The average molecular weight is 303 g/mol. The number of ether oxygens (including phenoxy) is 2. The fraction of sp³-hybridized carbons (Fsp3) is 0.235. The molecule has 2 aromatic carbocycles. The van der Waals surface area contributed by atoms with E-state index < -0.39 is 5.82 Å². The van der Waals surface area contributed by atoms with Gasteiger partial charge in [-0.25, -0.2) is 4.39 Å². The summed E-state index contributed by atoms with van der Waals surface area (Å²) in [6.07, 6.45) is 0.0632. The molecule has 0 aliphatic heterocycles. The predicted molar refractivity (Wildman–Crippen MR) is 83.0 cm³/mol. The minimum Gasteiger partial charge on any atom is -0.497 e. The van der Waals surface area contributed by atoms with Crippen molar-refractivity contribution in [3.05, 3.63) is 53.3 Å². The first-order valence-corrected chi connectivity index (χ1v) is 6.80. The lowest BCUT2D eigenvalue weighted by molar-refractivity contribution is -0.115. The highest BCUT2D eigenvalue weighted by Gasteiger charge is 2.12. The first-order valence-electron chi connectivity index (χ1n) is 6.80. The first kappa shape index (κ1) is 15.8. The number of nitrogens with one attached hydrogen (secondary N) is 1. The molecule has 0 aliphatic carbocycles. The number of rotatable bonds is 5. The summed E-state index contributed by atoms with van der Waals surface area (Å²) in [5.41, 5.74) is 1.63. The van der Waals surface area contributed by atoms with Crippen LogP contribution in [0.1, 0.15) is 11.1 Å². The zero-order valence-electron chi connectivity index (χ0n) is 12.8. The van der Waals surface area contributed by atoms with E-state index in [0.717, 1.165) is 5.56 Å². The second-order valence-corrected chi connectivity index (χ2v) is 4.89. The zero-order chi connectivity index (χ0) is 16.1. The Kier molecular flexibility index (Phi) is 4.99. The molecule has 4 nitrogen and oxygen atoms in total. The van der Waals surface area contributed by atoms with Crippen LogP contribution in [0.4, 0.5) is 10.1 Å². The van der Waals surface area contributed by atoms with E-state index in [1.165, 1.54) is 13.2 Å². The number of carbonyl (C=O) groups excluding carboxylic acids is 1. The number of carbonyl (C=O) groups is 1. The predicted octanol–water partition coefficient (Wildman–Crippen LogP) is 3.33. The number of methoxy groups -OCH3 is 2. The molecule has 5 heteroatoms. The van der Waals surface area contributed by atoms with Gasteiger partial charge in [0.15, 0.2) is 0 Å². The standard InChI is InChI=1S/C17H18FNO3/c1-11-4-6-15(14(18)8-11)19-17(20)10-12-9-13(21-2)5-7-16(12)22-3/h4-9H,10H2,1-3H3,(H,19,20). The van der Waals surface area contributed by atoms with Crippen molar-refractivity contribution in [1.82, 2.24) is 0 Å². The van der Waals surface area contributed by atoms with E-state index in [4.69, 9.17) is 9.47 Å². The van der Waals surface area contributed by atoms with Gasteiger partial charge in [0.05, 0.1) is 26.3 Å². The molecule has 1 N–H and O–H groups in total. The van der Waals surface area contributed by atoms with Crippen LogP contribution in [0, 0.1) is 12.7 Å². The van der Waals surface area contributed by atoms with Gasteiger partial charge in [0.2, 0.25) is 5.91 Å². The van der Waals surface area contributed by atoms with Crippen molar-refractivity contribution in [2.45, 2.75) is 13.3 Å². The van der Waals surface area contributed by atoms with Crippen LogP contribution in [0.3, 0.4) is 0 Å². The number of benzene rings is 2. The summed E-state index contributed by atoms with van der Waals surface area (Å²) in [7, 11) is 3.08. The van der Waals surface area contributed by atoms with Crippen molar-refractivity contribution < 1.29 is 18.7 Å². The van der Waals surface area contributed by atoms with E-state index in [9.17, 15) is 9.18 Å². The molecule has 116 valence electrons.